The van der Waals surface area contributed by atoms with E-state index in [2.05, 4.69) is 0 Å². The van der Waals surface area contributed by atoms with E-state index in [1.54, 1.807) is 0 Å². The average molecular weight is 373 g/mol. The number of nitrogens with zero attached hydrogens (tertiary/aromatic N) is 1. The quantitative estimate of drug-likeness (QED) is 0.571. The third-order valence-electron chi connectivity index (χ3n) is 4.48. The number of aryl methyl sites for hydroxylation is 1. The Morgan fingerprint density at radius 1 is 1.12 bits per heavy atom. The zero-order valence-electron chi connectivity index (χ0n) is 14.8. The van der Waals surface area contributed by atoms with Gasteiger partial charge in [0.25, 0.3) is 10.0 Å². The molecule has 6 heteroatoms. The van der Waals surface area contributed by atoms with Gasteiger partial charge in [0.05, 0.1) is 22.8 Å². The van der Waals surface area contributed by atoms with Crippen LogP contribution >= 0.6 is 0 Å². The zero-order chi connectivity index (χ0) is 18.6. The van der Waals surface area contributed by atoms with Crippen molar-refractivity contribution >= 4 is 21.7 Å². The van der Waals surface area contributed by atoms with Crippen LogP contribution in [0.2, 0.25) is 0 Å². The molecular weight excluding hydrogens is 350 g/mol. The molecule has 0 aromatic heterocycles. The maximum absolute atomic E-state index is 13.1. The van der Waals surface area contributed by atoms with Gasteiger partial charge in [-0.15, -0.1) is 0 Å². The Balaban J connectivity index is 1.82. The first-order valence-electron chi connectivity index (χ1n) is 8.92. The lowest BCUT2D eigenvalue weighted by Gasteiger charge is -2.30. The van der Waals surface area contributed by atoms with E-state index in [0.29, 0.717) is 18.7 Å². The summed E-state index contributed by atoms with van der Waals surface area (Å²) < 4.78 is 32.7. The Bertz CT molecular complexity index is 875. The molecular formula is C20H23NO4S. The molecule has 2 aromatic carbocycles. The predicted octanol–water partition coefficient (Wildman–Crippen LogP) is 3.79. The number of carbonyl (C=O) groups is 1. The van der Waals surface area contributed by atoms with Crippen molar-refractivity contribution in [1.82, 2.24) is 0 Å². The van der Waals surface area contributed by atoms with E-state index >= 15 is 0 Å². The highest BCUT2D eigenvalue weighted by Gasteiger charge is 2.28. The fourth-order valence-corrected chi connectivity index (χ4v) is 4.57. The summed E-state index contributed by atoms with van der Waals surface area (Å²) in [5.41, 5.74) is 2.14. The molecule has 0 atom stereocenters. The van der Waals surface area contributed by atoms with Gasteiger partial charge in [-0.3, -0.25) is 4.31 Å². The van der Waals surface area contributed by atoms with Crippen molar-refractivity contribution < 1.29 is 17.9 Å². The molecule has 1 heterocycles. The van der Waals surface area contributed by atoms with E-state index in [1.165, 1.54) is 28.6 Å². The summed E-state index contributed by atoms with van der Waals surface area (Å²) in [7, 11) is -3.66. The predicted molar refractivity (Wildman–Crippen MR) is 101 cm³/mol. The topological polar surface area (TPSA) is 63.7 Å². The van der Waals surface area contributed by atoms with Gasteiger partial charge in [-0.1, -0.05) is 31.5 Å². The zero-order valence-corrected chi connectivity index (χ0v) is 15.7. The van der Waals surface area contributed by atoms with Crippen LogP contribution in [0.4, 0.5) is 5.69 Å². The monoisotopic (exact) mass is 373 g/mol. The van der Waals surface area contributed by atoms with E-state index in [0.717, 1.165) is 36.9 Å². The Labute approximate surface area is 154 Å². The molecule has 5 nitrogen and oxygen atoms in total. The fourth-order valence-electron chi connectivity index (χ4n) is 3.03. The Morgan fingerprint density at radius 2 is 1.85 bits per heavy atom. The van der Waals surface area contributed by atoms with Crippen LogP contribution in [-0.2, 0) is 21.2 Å². The molecule has 0 saturated heterocycles. The summed E-state index contributed by atoms with van der Waals surface area (Å²) >= 11 is 0. The number of fused-ring (bicyclic) bond motifs is 1. The van der Waals surface area contributed by atoms with Crippen molar-refractivity contribution in [1.29, 1.82) is 0 Å². The van der Waals surface area contributed by atoms with Gasteiger partial charge >= 0.3 is 5.97 Å². The number of ether oxygens (including phenoxy) is 1. The SMILES string of the molecule is CCCCOC(=O)c1ccc(S(=O)(=O)N2CCCc3ccccc32)cc1. The third-order valence-corrected chi connectivity index (χ3v) is 6.30. The van der Waals surface area contributed by atoms with E-state index in [-0.39, 0.29) is 4.90 Å². The average Bonchev–Trinajstić information content (AvgIpc) is 2.67. The summed E-state index contributed by atoms with van der Waals surface area (Å²) in [4.78, 5) is 12.1. The minimum Gasteiger partial charge on any atom is -0.462 e. The number of esters is 1. The Morgan fingerprint density at radius 3 is 2.58 bits per heavy atom. The third kappa shape index (κ3) is 3.75. The van der Waals surface area contributed by atoms with Crippen LogP contribution in [-0.4, -0.2) is 27.5 Å². The number of sulfonamides is 1. The number of rotatable bonds is 6. The van der Waals surface area contributed by atoms with Crippen molar-refractivity contribution in [2.24, 2.45) is 0 Å². The van der Waals surface area contributed by atoms with Crippen LogP contribution in [0, 0.1) is 0 Å². The van der Waals surface area contributed by atoms with Crippen LogP contribution in [0.15, 0.2) is 53.4 Å². The number of hydrogen-bond acceptors (Lipinski definition) is 4. The molecule has 1 aliphatic rings. The normalized spacial score (nSPS) is 14.0. The lowest BCUT2D eigenvalue weighted by Crippen LogP contribution is -2.35. The first-order chi connectivity index (χ1) is 12.5. The summed E-state index contributed by atoms with van der Waals surface area (Å²) in [6.45, 7) is 2.85. The Kier molecular flexibility index (Phi) is 5.61. The number of anilines is 1. The minimum absolute atomic E-state index is 0.180. The van der Waals surface area contributed by atoms with Gasteiger partial charge in [-0.25, -0.2) is 13.2 Å². The van der Waals surface area contributed by atoms with Crippen LogP contribution in [0.1, 0.15) is 42.1 Å². The van der Waals surface area contributed by atoms with Gasteiger partial charge in [0.1, 0.15) is 0 Å². The lowest BCUT2D eigenvalue weighted by molar-refractivity contribution is 0.0499. The van der Waals surface area contributed by atoms with E-state index in [1.807, 2.05) is 31.2 Å². The molecule has 0 unspecified atom stereocenters. The molecule has 2 aromatic rings. The first kappa shape index (κ1) is 18.5. The second-order valence-corrected chi connectivity index (χ2v) is 8.19. The van der Waals surface area contributed by atoms with Crippen molar-refractivity contribution in [3.05, 3.63) is 59.7 Å². The van der Waals surface area contributed by atoms with Gasteiger partial charge in [-0.05, 0) is 55.2 Å². The van der Waals surface area contributed by atoms with E-state index in [4.69, 9.17) is 4.74 Å². The minimum atomic E-state index is -3.66. The maximum atomic E-state index is 13.1. The molecule has 0 saturated carbocycles. The molecule has 138 valence electrons. The van der Waals surface area contributed by atoms with Gasteiger partial charge < -0.3 is 4.74 Å². The molecule has 0 bridgehead atoms. The molecule has 1 aliphatic heterocycles. The molecule has 0 aliphatic carbocycles. The largest absolute Gasteiger partial charge is 0.462 e. The second-order valence-electron chi connectivity index (χ2n) is 6.32. The van der Waals surface area contributed by atoms with E-state index in [9.17, 15) is 13.2 Å². The van der Waals surface area contributed by atoms with Crippen molar-refractivity contribution in [2.45, 2.75) is 37.5 Å². The number of para-hydroxylation sites is 1. The molecule has 0 fully saturated rings. The summed E-state index contributed by atoms with van der Waals surface area (Å²) in [5.74, 6) is -0.425. The van der Waals surface area contributed by atoms with Crippen molar-refractivity contribution in [2.75, 3.05) is 17.5 Å². The second kappa shape index (κ2) is 7.91. The van der Waals surface area contributed by atoms with Gasteiger partial charge in [0, 0.05) is 6.54 Å². The summed E-state index contributed by atoms with van der Waals surface area (Å²) in [5, 5.41) is 0. The fraction of sp³-hybridized carbons (Fsp3) is 0.350. The van der Waals surface area contributed by atoms with Gasteiger partial charge in [0.15, 0.2) is 0 Å². The van der Waals surface area contributed by atoms with Crippen LogP contribution < -0.4 is 4.31 Å². The molecule has 0 N–H and O–H groups in total. The number of hydrogen-bond donors (Lipinski definition) is 0. The lowest BCUT2D eigenvalue weighted by atomic mass is 10.0. The molecule has 0 spiro atoms. The highest BCUT2D eigenvalue weighted by Crippen LogP contribution is 2.31. The number of carbonyl (C=O) groups excluding carboxylic acids is 1. The molecule has 0 amide bonds. The standard InChI is InChI=1S/C20H23NO4S/c1-2-3-15-25-20(22)17-10-12-18(13-11-17)26(23,24)21-14-6-8-16-7-4-5-9-19(16)21/h4-5,7,9-13H,2-3,6,8,14-15H2,1H3. The molecule has 3 rings (SSSR count). The highest BCUT2D eigenvalue weighted by atomic mass is 32.2. The van der Waals surface area contributed by atoms with E-state index < -0.39 is 16.0 Å². The van der Waals surface area contributed by atoms with Crippen LogP contribution in [0.5, 0.6) is 0 Å². The highest BCUT2D eigenvalue weighted by molar-refractivity contribution is 7.92. The first-order valence-corrected chi connectivity index (χ1v) is 10.4. The maximum Gasteiger partial charge on any atom is 0.338 e. The Hall–Kier alpha value is -2.34. The van der Waals surface area contributed by atoms with Gasteiger partial charge in [0.2, 0.25) is 0 Å². The molecule has 0 radical (unpaired) electrons. The smallest absolute Gasteiger partial charge is 0.338 e. The molecule has 26 heavy (non-hydrogen) atoms. The van der Waals surface area contributed by atoms with Crippen molar-refractivity contribution in [3.63, 3.8) is 0 Å². The summed E-state index contributed by atoms with van der Waals surface area (Å²) in [6, 6.07) is 13.5. The number of benzene rings is 2. The van der Waals surface area contributed by atoms with Gasteiger partial charge in [-0.2, -0.15) is 0 Å². The number of unbranched alkanes of at least 4 members (excludes halogenated alkanes) is 1. The van der Waals surface area contributed by atoms with Crippen molar-refractivity contribution in [3.8, 4) is 0 Å². The summed E-state index contributed by atoms with van der Waals surface area (Å²) in [6.07, 6.45) is 3.43. The van der Waals surface area contributed by atoms with Crippen LogP contribution in [0.3, 0.4) is 0 Å². The van der Waals surface area contributed by atoms with Crippen LogP contribution in [0.25, 0.3) is 0 Å².